The molecule has 4 rings (SSSR count). The van der Waals surface area contributed by atoms with Crippen molar-refractivity contribution in [1.29, 1.82) is 0 Å². The first-order chi connectivity index (χ1) is 13.6. The smallest absolute Gasteiger partial charge is 0.282 e. The summed E-state index contributed by atoms with van der Waals surface area (Å²) >= 11 is 0. The lowest BCUT2D eigenvalue weighted by Gasteiger charge is -2.26. The summed E-state index contributed by atoms with van der Waals surface area (Å²) in [4.78, 5) is 29.3. The van der Waals surface area contributed by atoms with E-state index in [1.807, 2.05) is 13.8 Å². The van der Waals surface area contributed by atoms with Gasteiger partial charge in [-0.25, -0.2) is 9.50 Å². The molecule has 0 atom stereocenters. The van der Waals surface area contributed by atoms with E-state index < -0.39 is 4.92 Å². The summed E-state index contributed by atoms with van der Waals surface area (Å²) < 4.78 is 6.82. The normalized spacial score (nSPS) is 13.7. The second kappa shape index (κ2) is 8.57. The lowest BCUT2D eigenvalue weighted by Crippen LogP contribution is -2.40. The van der Waals surface area contributed by atoms with Gasteiger partial charge in [0.05, 0.1) is 23.8 Å². The van der Waals surface area contributed by atoms with Gasteiger partial charge in [0.2, 0.25) is 0 Å². The molecule has 0 bridgehead atoms. The van der Waals surface area contributed by atoms with Crippen molar-refractivity contribution in [1.82, 2.24) is 19.5 Å². The van der Waals surface area contributed by atoms with Gasteiger partial charge < -0.3 is 9.64 Å². The highest BCUT2D eigenvalue weighted by molar-refractivity contribution is 5.99. The number of nitrogens with zero attached hydrogens (tertiary/aromatic N) is 5. The lowest BCUT2D eigenvalue weighted by atomic mass is 10.1. The van der Waals surface area contributed by atoms with Crippen LogP contribution in [0, 0.1) is 10.1 Å². The van der Waals surface area contributed by atoms with Gasteiger partial charge >= 0.3 is 0 Å². The van der Waals surface area contributed by atoms with Crippen molar-refractivity contribution in [3.63, 3.8) is 0 Å². The Morgan fingerprint density at radius 2 is 1.93 bits per heavy atom. The zero-order valence-corrected chi connectivity index (χ0v) is 15.7. The maximum Gasteiger partial charge on any atom is 0.282 e. The molecule has 1 amide bonds. The molecule has 9 heteroatoms. The number of ether oxygens (including phenoxy) is 1. The number of amides is 1. The van der Waals surface area contributed by atoms with Gasteiger partial charge in [0.15, 0.2) is 5.65 Å². The Hall–Kier alpha value is -3.33. The summed E-state index contributed by atoms with van der Waals surface area (Å²) in [7, 11) is 0. The molecule has 1 saturated heterocycles. The first-order valence-corrected chi connectivity index (χ1v) is 9.10. The molecular formula is C19H21N5O4. The number of morpholine rings is 1. The predicted molar refractivity (Wildman–Crippen MR) is 103 cm³/mol. The number of nitro benzene ring substituents is 1. The Labute approximate surface area is 161 Å². The maximum absolute atomic E-state index is 12.7. The Balaban J connectivity index is 0.00000109. The van der Waals surface area contributed by atoms with Crippen LogP contribution in [0.5, 0.6) is 0 Å². The van der Waals surface area contributed by atoms with Crippen LogP contribution < -0.4 is 0 Å². The van der Waals surface area contributed by atoms with Crippen molar-refractivity contribution < 1.29 is 14.5 Å². The molecule has 1 aromatic carbocycles. The number of hydrogen-bond donors (Lipinski definition) is 0. The number of aromatic nitrogens is 3. The van der Waals surface area contributed by atoms with Gasteiger partial charge in [-0.15, -0.1) is 0 Å². The van der Waals surface area contributed by atoms with E-state index in [0.29, 0.717) is 43.2 Å². The van der Waals surface area contributed by atoms with E-state index in [-0.39, 0.29) is 17.2 Å². The third kappa shape index (κ3) is 3.84. The highest BCUT2D eigenvalue weighted by atomic mass is 16.6. The van der Waals surface area contributed by atoms with Crippen LogP contribution in [0.25, 0.3) is 16.9 Å². The molecule has 0 unspecified atom stereocenters. The Morgan fingerprint density at radius 1 is 1.18 bits per heavy atom. The summed E-state index contributed by atoms with van der Waals surface area (Å²) in [5.41, 5.74) is 1.65. The van der Waals surface area contributed by atoms with Crippen LogP contribution in [-0.4, -0.2) is 56.6 Å². The monoisotopic (exact) mass is 383 g/mol. The minimum Gasteiger partial charge on any atom is -0.378 e. The summed E-state index contributed by atoms with van der Waals surface area (Å²) in [5.74, 6) is -0.357. The van der Waals surface area contributed by atoms with Crippen LogP contribution in [0.3, 0.4) is 0 Å². The number of imidazole rings is 1. The predicted octanol–water partition coefficient (Wildman–Crippen LogP) is 2.80. The van der Waals surface area contributed by atoms with Crippen LogP contribution in [0.4, 0.5) is 5.69 Å². The molecule has 9 nitrogen and oxygen atoms in total. The summed E-state index contributed by atoms with van der Waals surface area (Å²) in [6.45, 7) is 5.73. The molecule has 3 heterocycles. The SMILES string of the molecule is CC.O=C(c1ccc(-c2ccc3nccn3n2)cc1[N+](=O)[O-])N1CCOCC1. The van der Waals surface area contributed by atoms with Crippen molar-refractivity contribution in [2.24, 2.45) is 0 Å². The van der Waals surface area contributed by atoms with E-state index in [4.69, 9.17) is 4.74 Å². The fourth-order valence-electron chi connectivity index (χ4n) is 2.93. The van der Waals surface area contributed by atoms with Gasteiger partial charge in [0.1, 0.15) is 5.56 Å². The minimum atomic E-state index is -0.535. The third-order valence-electron chi connectivity index (χ3n) is 4.27. The van der Waals surface area contributed by atoms with Crippen LogP contribution in [0.2, 0.25) is 0 Å². The van der Waals surface area contributed by atoms with Gasteiger partial charge in [-0.3, -0.25) is 14.9 Å². The fraction of sp³-hybridized carbons (Fsp3) is 0.316. The van der Waals surface area contributed by atoms with E-state index in [2.05, 4.69) is 10.1 Å². The largest absolute Gasteiger partial charge is 0.378 e. The number of carbonyl (C=O) groups excluding carboxylic acids is 1. The minimum absolute atomic E-state index is 0.0735. The van der Waals surface area contributed by atoms with Gasteiger partial charge in [-0.2, -0.15) is 5.10 Å². The van der Waals surface area contributed by atoms with E-state index in [9.17, 15) is 14.9 Å². The van der Waals surface area contributed by atoms with Crippen molar-refractivity contribution in [2.45, 2.75) is 13.8 Å². The molecule has 146 valence electrons. The molecule has 3 aromatic rings. The molecule has 0 radical (unpaired) electrons. The maximum atomic E-state index is 12.7. The number of hydrogen-bond acceptors (Lipinski definition) is 6. The number of nitro groups is 1. The fourth-order valence-corrected chi connectivity index (χ4v) is 2.93. The van der Waals surface area contributed by atoms with Gasteiger partial charge in [0, 0.05) is 37.1 Å². The second-order valence-electron chi connectivity index (χ2n) is 5.84. The van der Waals surface area contributed by atoms with Gasteiger partial charge in [-0.1, -0.05) is 19.9 Å². The third-order valence-corrected chi connectivity index (χ3v) is 4.27. The van der Waals surface area contributed by atoms with E-state index >= 15 is 0 Å². The van der Waals surface area contributed by atoms with Crippen LogP contribution in [-0.2, 0) is 4.74 Å². The topological polar surface area (TPSA) is 103 Å². The second-order valence-corrected chi connectivity index (χ2v) is 5.84. The van der Waals surface area contributed by atoms with Gasteiger partial charge in [0.25, 0.3) is 11.6 Å². The van der Waals surface area contributed by atoms with E-state index in [0.717, 1.165) is 0 Å². The highest BCUT2D eigenvalue weighted by Crippen LogP contribution is 2.27. The van der Waals surface area contributed by atoms with Crippen molar-refractivity contribution in [3.05, 3.63) is 58.4 Å². The molecule has 1 fully saturated rings. The summed E-state index contributed by atoms with van der Waals surface area (Å²) in [5, 5.41) is 15.9. The van der Waals surface area contributed by atoms with Crippen molar-refractivity contribution >= 4 is 17.2 Å². The van der Waals surface area contributed by atoms with Crippen LogP contribution in [0.1, 0.15) is 24.2 Å². The number of fused-ring (bicyclic) bond motifs is 1. The van der Waals surface area contributed by atoms with Crippen molar-refractivity contribution in [2.75, 3.05) is 26.3 Å². The average molecular weight is 383 g/mol. The molecule has 0 aliphatic carbocycles. The zero-order valence-electron chi connectivity index (χ0n) is 15.7. The Morgan fingerprint density at radius 3 is 2.64 bits per heavy atom. The van der Waals surface area contributed by atoms with Crippen LogP contribution >= 0.6 is 0 Å². The Bertz CT molecular complexity index is 995. The van der Waals surface area contributed by atoms with E-state index in [1.54, 1.807) is 40.0 Å². The first-order valence-electron chi connectivity index (χ1n) is 9.10. The molecule has 2 aromatic heterocycles. The quantitative estimate of drug-likeness (QED) is 0.509. The zero-order chi connectivity index (χ0) is 20.1. The molecule has 28 heavy (non-hydrogen) atoms. The molecular weight excluding hydrogens is 362 g/mol. The van der Waals surface area contributed by atoms with Gasteiger partial charge in [-0.05, 0) is 18.2 Å². The highest BCUT2D eigenvalue weighted by Gasteiger charge is 2.26. The molecule has 0 saturated carbocycles. The summed E-state index contributed by atoms with van der Waals surface area (Å²) in [6.07, 6.45) is 3.32. The number of benzene rings is 1. The number of rotatable bonds is 3. The summed E-state index contributed by atoms with van der Waals surface area (Å²) in [6, 6.07) is 8.07. The molecule has 0 spiro atoms. The molecule has 0 N–H and O–H groups in total. The number of carbonyl (C=O) groups is 1. The first kappa shape index (κ1) is 19.4. The molecule has 1 aliphatic heterocycles. The average Bonchev–Trinajstić information content (AvgIpc) is 3.22. The standard InChI is InChI=1S/C17H15N5O4.C2H6/c23-17(20-7-9-26-10-8-20)13-2-1-12(11-15(13)22(24)25)14-3-4-16-18-5-6-21(16)19-14;1-2/h1-6,11H,7-10H2;1-2H3. The molecule has 1 aliphatic rings. The Kier molecular flexibility index (Phi) is 5.95. The van der Waals surface area contributed by atoms with E-state index in [1.165, 1.54) is 12.1 Å². The van der Waals surface area contributed by atoms with Crippen LogP contribution in [0.15, 0.2) is 42.7 Å². The van der Waals surface area contributed by atoms with Crippen molar-refractivity contribution in [3.8, 4) is 11.3 Å². The lowest BCUT2D eigenvalue weighted by molar-refractivity contribution is -0.385.